The standard InChI is InChI=1S/C13H17NO2/c1-4-11(14-2)13-8-9-7-10(15-3)5-6-12(9)16-13/h5-8,11,14H,4H2,1-3H3. The third-order valence-electron chi connectivity index (χ3n) is 2.84. The Morgan fingerprint density at radius 1 is 1.38 bits per heavy atom. The highest BCUT2D eigenvalue weighted by Gasteiger charge is 2.12. The number of ether oxygens (including phenoxy) is 1. The van der Waals surface area contributed by atoms with Crippen LogP contribution in [-0.4, -0.2) is 14.2 Å². The van der Waals surface area contributed by atoms with Gasteiger partial charge in [-0.3, -0.25) is 0 Å². The second-order valence-corrected chi connectivity index (χ2v) is 3.80. The molecule has 16 heavy (non-hydrogen) atoms. The number of benzene rings is 1. The smallest absolute Gasteiger partial charge is 0.134 e. The lowest BCUT2D eigenvalue weighted by atomic mass is 10.1. The topological polar surface area (TPSA) is 34.4 Å². The molecular weight excluding hydrogens is 202 g/mol. The van der Waals surface area contributed by atoms with Crippen LogP contribution in [0.25, 0.3) is 11.0 Å². The Morgan fingerprint density at radius 2 is 2.19 bits per heavy atom. The fourth-order valence-electron chi connectivity index (χ4n) is 1.89. The summed E-state index contributed by atoms with van der Waals surface area (Å²) in [5.74, 6) is 1.84. The summed E-state index contributed by atoms with van der Waals surface area (Å²) < 4.78 is 11.0. The van der Waals surface area contributed by atoms with Crippen molar-refractivity contribution in [2.75, 3.05) is 14.2 Å². The molecule has 2 rings (SSSR count). The fraction of sp³-hybridized carbons (Fsp3) is 0.385. The van der Waals surface area contributed by atoms with Crippen LogP contribution in [0.4, 0.5) is 0 Å². The zero-order valence-corrected chi connectivity index (χ0v) is 9.91. The van der Waals surface area contributed by atoms with E-state index in [4.69, 9.17) is 9.15 Å². The minimum atomic E-state index is 0.276. The van der Waals surface area contributed by atoms with E-state index < -0.39 is 0 Å². The van der Waals surface area contributed by atoms with E-state index in [2.05, 4.69) is 18.3 Å². The highest BCUT2D eigenvalue weighted by molar-refractivity contribution is 5.79. The van der Waals surface area contributed by atoms with Crippen molar-refractivity contribution in [2.45, 2.75) is 19.4 Å². The van der Waals surface area contributed by atoms with Gasteiger partial charge in [0.25, 0.3) is 0 Å². The summed E-state index contributed by atoms with van der Waals surface area (Å²) in [6, 6.07) is 8.20. The lowest BCUT2D eigenvalue weighted by Crippen LogP contribution is -2.14. The van der Waals surface area contributed by atoms with E-state index in [-0.39, 0.29) is 6.04 Å². The first-order chi connectivity index (χ1) is 7.78. The predicted octanol–water partition coefficient (Wildman–Crippen LogP) is 3.11. The van der Waals surface area contributed by atoms with Crippen molar-refractivity contribution >= 4 is 11.0 Å². The van der Waals surface area contributed by atoms with Crippen LogP contribution in [0, 0.1) is 0 Å². The van der Waals surface area contributed by atoms with Gasteiger partial charge < -0.3 is 14.5 Å². The molecule has 0 aliphatic carbocycles. The van der Waals surface area contributed by atoms with Crippen LogP contribution in [0.2, 0.25) is 0 Å². The highest BCUT2D eigenvalue weighted by Crippen LogP contribution is 2.28. The van der Waals surface area contributed by atoms with E-state index >= 15 is 0 Å². The molecule has 0 radical (unpaired) electrons. The molecule has 0 aliphatic heterocycles. The SMILES string of the molecule is CCC(NC)c1cc2cc(OC)ccc2o1. The van der Waals surface area contributed by atoms with Gasteiger partial charge in [0.1, 0.15) is 17.1 Å². The maximum atomic E-state index is 5.79. The molecule has 0 amide bonds. The summed E-state index contributed by atoms with van der Waals surface area (Å²) in [6.07, 6.45) is 1.01. The lowest BCUT2D eigenvalue weighted by Gasteiger charge is -2.09. The minimum absolute atomic E-state index is 0.276. The van der Waals surface area contributed by atoms with Gasteiger partial charge in [0, 0.05) is 5.39 Å². The van der Waals surface area contributed by atoms with Crippen LogP contribution in [-0.2, 0) is 0 Å². The fourth-order valence-corrected chi connectivity index (χ4v) is 1.89. The number of methoxy groups -OCH3 is 1. The largest absolute Gasteiger partial charge is 0.497 e. The average molecular weight is 219 g/mol. The monoisotopic (exact) mass is 219 g/mol. The number of rotatable bonds is 4. The Balaban J connectivity index is 2.43. The number of hydrogen-bond acceptors (Lipinski definition) is 3. The number of hydrogen-bond donors (Lipinski definition) is 1. The molecule has 2 aromatic rings. The maximum absolute atomic E-state index is 5.79. The Hall–Kier alpha value is -1.48. The average Bonchev–Trinajstić information content (AvgIpc) is 2.72. The Bertz CT molecular complexity index is 472. The molecule has 1 heterocycles. The van der Waals surface area contributed by atoms with Crippen LogP contribution in [0.1, 0.15) is 25.1 Å². The molecule has 1 aromatic carbocycles. The molecule has 3 nitrogen and oxygen atoms in total. The van der Waals surface area contributed by atoms with Crippen LogP contribution in [0.5, 0.6) is 5.75 Å². The molecule has 0 bridgehead atoms. The van der Waals surface area contributed by atoms with E-state index in [0.717, 1.165) is 28.9 Å². The zero-order chi connectivity index (χ0) is 11.5. The van der Waals surface area contributed by atoms with Crippen molar-refractivity contribution in [3.8, 4) is 5.75 Å². The second-order valence-electron chi connectivity index (χ2n) is 3.80. The maximum Gasteiger partial charge on any atom is 0.134 e. The molecule has 0 saturated heterocycles. The van der Waals surface area contributed by atoms with Crippen LogP contribution < -0.4 is 10.1 Å². The second kappa shape index (κ2) is 4.58. The van der Waals surface area contributed by atoms with Crippen molar-refractivity contribution in [1.82, 2.24) is 5.32 Å². The highest BCUT2D eigenvalue weighted by atomic mass is 16.5. The molecule has 0 spiro atoms. The first-order valence-electron chi connectivity index (χ1n) is 5.53. The van der Waals surface area contributed by atoms with Crippen molar-refractivity contribution in [3.63, 3.8) is 0 Å². The summed E-state index contributed by atoms with van der Waals surface area (Å²) in [7, 11) is 3.62. The zero-order valence-electron chi connectivity index (χ0n) is 9.91. The predicted molar refractivity (Wildman–Crippen MR) is 64.9 cm³/mol. The van der Waals surface area contributed by atoms with Crippen LogP contribution >= 0.6 is 0 Å². The molecule has 3 heteroatoms. The molecule has 86 valence electrons. The molecule has 1 unspecified atom stereocenters. The summed E-state index contributed by atoms with van der Waals surface area (Å²) in [5, 5.41) is 4.32. The minimum Gasteiger partial charge on any atom is -0.497 e. The third-order valence-corrected chi connectivity index (χ3v) is 2.84. The van der Waals surface area contributed by atoms with Crippen molar-refractivity contribution in [1.29, 1.82) is 0 Å². The van der Waals surface area contributed by atoms with Gasteiger partial charge >= 0.3 is 0 Å². The van der Waals surface area contributed by atoms with Gasteiger partial charge in [0.2, 0.25) is 0 Å². The normalized spacial score (nSPS) is 12.9. The van der Waals surface area contributed by atoms with Gasteiger partial charge in [-0.15, -0.1) is 0 Å². The summed E-state index contributed by atoms with van der Waals surface area (Å²) in [4.78, 5) is 0. The van der Waals surface area contributed by atoms with Gasteiger partial charge in [0.15, 0.2) is 0 Å². The van der Waals surface area contributed by atoms with E-state index in [0.29, 0.717) is 0 Å². The Morgan fingerprint density at radius 3 is 2.81 bits per heavy atom. The lowest BCUT2D eigenvalue weighted by molar-refractivity contribution is 0.415. The molecule has 1 N–H and O–H groups in total. The van der Waals surface area contributed by atoms with Gasteiger partial charge in [0.05, 0.1) is 13.2 Å². The van der Waals surface area contributed by atoms with Crippen LogP contribution in [0.15, 0.2) is 28.7 Å². The van der Waals surface area contributed by atoms with Crippen molar-refractivity contribution in [3.05, 3.63) is 30.0 Å². The summed E-state index contributed by atoms with van der Waals surface area (Å²) in [6.45, 7) is 2.13. The Kier molecular flexibility index (Phi) is 3.15. The summed E-state index contributed by atoms with van der Waals surface area (Å²) >= 11 is 0. The first-order valence-corrected chi connectivity index (χ1v) is 5.53. The van der Waals surface area contributed by atoms with Gasteiger partial charge in [-0.25, -0.2) is 0 Å². The molecule has 0 saturated carbocycles. The number of nitrogens with one attached hydrogen (secondary N) is 1. The van der Waals surface area contributed by atoms with Crippen molar-refractivity contribution < 1.29 is 9.15 Å². The number of furan rings is 1. The quantitative estimate of drug-likeness (QED) is 0.858. The molecule has 1 atom stereocenters. The summed E-state index contributed by atoms with van der Waals surface area (Å²) in [5.41, 5.74) is 0.907. The van der Waals surface area contributed by atoms with Gasteiger partial charge in [-0.05, 0) is 37.7 Å². The molecule has 0 fully saturated rings. The number of fused-ring (bicyclic) bond motifs is 1. The molecule has 1 aromatic heterocycles. The van der Waals surface area contributed by atoms with Gasteiger partial charge in [-0.1, -0.05) is 6.92 Å². The molecule has 0 aliphatic rings. The van der Waals surface area contributed by atoms with Gasteiger partial charge in [-0.2, -0.15) is 0 Å². The van der Waals surface area contributed by atoms with E-state index in [1.54, 1.807) is 7.11 Å². The molecular formula is C13H17NO2. The van der Waals surface area contributed by atoms with E-state index in [1.165, 1.54) is 0 Å². The van der Waals surface area contributed by atoms with Crippen LogP contribution in [0.3, 0.4) is 0 Å². The van der Waals surface area contributed by atoms with E-state index in [9.17, 15) is 0 Å². The Labute approximate surface area is 95.4 Å². The third kappa shape index (κ3) is 1.91. The van der Waals surface area contributed by atoms with Crippen molar-refractivity contribution in [2.24, 2.45) is 0 Å². The first kappa shape index (κ1) is 11.0. The van der Waals surface area contributed by atoms with E-state index in [1.807, 2.05) is 25.2 Å².